The van der Waals surface area contributed by atoms with E-state index in [0.717, 1.165) is 25.1 Å². The van der Waals surface area contributed by atoms with Crippen molar-refractivity contribution in [2.45, 2.75) is 52.6 Å². The van der Waals surface area contributed by atoms with E-state index in [-0.39, 0.29) is 36.2 Å². The molecule has 1 heterocycles. The molecular formula is C21H34ClN3O3. The van der Waals surface area contributed by atoms with Crippen LogP contribution < -0.4 is 15.8 Å². The predicted octanol–water partition coefficient (Wildman–Crippen LogP) is 2.85. The van der Waals surface area contributed by atoms with Crippen LogP contribution in [-0.4, -0.2) is 48.5 Å². The molecule has 158 valence electrons. The summed E-state index contributed by atoms with van der Waals surface area (Å²) < 4.78 is 5.40. The number of benzene rings is 1. The van der Waals surface area contributed by atoms with Crippen molar-refractivity contribution < 1.29 is 14.3 Å². The largest absolute Gasteiger partial charge is 0.494 e. The minimum absolute atomic E-state index is 0. The maximum atomic E-state index is 13.1. The van der Waals surface area contributed by atoms with Gasteiger partial charge in [-0.3, -0.25) is 9.59 Å². The van der Waals surface area contributed by atoms with Crippen LogP contribution in [-0.2, 0) is 4.79 Å². The molecule has 0 saturated carbocycles. The van der Waals surface area contributed by atoms with Gasteiger partial charge < -0.3 is 20.7 Å². The summed E-state index contributed by atoms with van der Waals surface area (Å²) in [7, 11) is 0. The van der Waals surface area contributed by atoms with Crippen molar-refractivity contribution in [2.75, 3.05) is 19.7 Å². The number of rotatable bonds is 7. The van der Waals surface area contributed by atoms with E-state index in [0.29, 0.717) is 24.6 Å². The summed E-state index contributed by atoms with van der Waals surface area (Å²) in [5.74, 6) is 0.776. The number of carbonyl (C=O) groups excluding carboxylic acids is 2. The van der Waals surface area contributed by atoms with Crippen LogP contribution in [0.3, 0.4) is 0 Å². The Morgan fingerprint density at radius 3 is 2.43 bits per heavy atom. The maximum Gasteiger partial charge on any atom is 0.251 e. The zero-order chi connectivity index (χ0) is 20.0. The number of ether oxygens (including phenoxy) is 1. The molecule has 6 nitrogen and oxygen atoms in total. The van der Waals surface area contributed by atoms with E-state index < -0.39 is 6.04 Å². The van der Waals surface area contributed by atoms with E-state index in [1.54, 1.807) is 24.3 Å². The van der Waals surface area contributed by atoms with Crippen molar-refractivity contribution in [3.05, 3.63) is 29.8 Å². The fourth-order valence-electron chi connectivity index (χ4n) is 3.44. The van der Waals surface area contributed by atoms with Gasteiger partial charge >= 0.3 is 0 Å². The van der Waals surface area contributed by atoms with Gasteiger partial charge in [-0.15, -0.1) is 12.4 Å². The van der Waals surface area contributed by atoms with Gasteiger partial charge in [-0.1, -0.05) is 13.8 Å². The highest BCUT2D eigenvalue weighted by Crippen LogP contribution is 2.21. The van der Waals surface area contributed by atoms with Gasteiger partial charge in [-0.05, 0) is 62.8 Å². The second-order valence-electron chi connectivity index (χ2n) is 7.70. The lowest BCUT2D eigenvalue weighted by atomic mass is 9.91. The Kier molecular flexibility index (Phi) is 9.76. The summed E-state index contributed by atoms with van der Waals surface area (Å²) in [6.45, 7) is 9.78. The molecular weight excluding hydrogens is 378 g/mol. The van der Waals surface area contributed by atoms with E-state index in [1.165, 1.54) is 0 Å². The third-order valence-electron chi connectivity index (χ3n) is 5.16. The second-order valence-corrected chi connectivity index (χ2v) is 7.70. The maximum absolute atomic E-state index is 13.1. The second kappa shape index (κ2) is 11.3. The molecule has 0 bridgehead atoms. The number of nitrogens with zero attached hydrogens (tertiary/aromatic N) is 1. The van der Waals surface area contributed by atoms with Gasteiger partial charge in [0.05, 0.1) is 6.61 Å². The Hall–Kier alpha value is -1.79. The Balaban J connectivity index is 0.00000392. The van der Waals surface area contributed by atoms with Gasteiger partial charge in [0.2, 0.25) is 5.91 Å². The van der Waals surface area contributed by atoms with Crippen LogP contribution in [0.4, 0.5) is 0 Å². The molecule has 7 heteroatoms. The normalized spacial score (nSPS) is 18.8. The van der Waals surface area contributed by atoms with Crippen molar-refractivity contribution in [3.63, 3.8) is 0 Å². The van der Waals surface area contributed by atoms with E-state index >= 15 is 0 Å². The molecule has 3 atom stereocenters. The lowest BCUT2D eigenvalue weighted by Crippen LogP contribution is -2.54. The van der Waals surface area contributed by atoms with Gasteiger partial charge in [-0.2, -0.15) is 0 Å². The number of halogens is 1. The molecule has 1 aliphatic rings. The minimum atomic E-state index is -0.545. The van der Waals surface area contributed by atoms with Crippen LogP contribution in [0.1, 0.15) is 50.9 Å². The topological polar surface area (TPSA) is 84.7 Å². The molecule has 0 aliphatic carbocycles. The molecule has 0 aromatic heterocycles. The quantitative estimate of drug-likeness (QED) is 0.722. The number of piperidine rings is 1. The van der Waals surface area contributed by atoms with E-state index in [2.05, 4.69) is 5.32 Å². The molecule has 2 amide bonds. The van der Waals surface area contributed by atoms with Crippen LogP contribution in [0.15, 0.2) is 24.3 Å². The molecule has 1 fully saturated rings. The van der Waals surface area contributed by atoms with Gasteiger partial charge in [0.15, 0.2) is 0 Å². The van der Waals surface area contributed by atoms with Crippen molar-refractivity contribution >= 4 is 24.2 Å². The van der Waals surface area contributed by atoms with Gasteiger partial charge in [-0.25, -0.2) is 0 Å². The summed E-state index contributed by atoms with van der Waals surface area (Å²) >= 11 is 0. The predicted molar refractivity (Wildman–Crippen MR) is 114 cm³/mol. The average Bonchev–Trinajstić information content (AvgIpc) is 2.66. The van der Waals surface area contributed by atoms with Crippen LogP contribution >= 0.6 is 12.4 Å². The third kappa shape index (κ3) is 6.38. The first-order valence-electron chi connectivity index (χ1n) is 9.91. The third-order valence-corrected chi connectivity index (χ3v) is 5.16. The van der Waals surface area contributed by atoms with Crippen LogP contribution in [0.5, 0.6) is 5.75 Å². The Morgan fingerprint density at radius 2 is 1.89 bits per heavy atom. The van der Waals surface area contributed by atoms with Gasteiger partial charge in [0.25, 0.3) is 5.91 Å². The van der Waals surface area contributed by atoms with Gasteiger partial charge in [0, 0.05) is 24.7 Å². The first-order chi connectivity index (χ1) is 12.8. The smallest absolute Gasteiger partial charge is 0.251 e. The summed E-state index contributed by atoms with van der Waals surface area (Å²) in [4.78, 5) is 27.6. The van der Waals surface area contributed by atoms with Crippen LogP contribution in [0.25, 0.3) is 0 Å². The molecule has 1 aliphatic heterocycles. The number of hydrogen-bond acceptors (Lipinski definition) is 4. The van der Waals surface area contributed by atoms with E-state index in [1.807, 2.05) is 32.6 Å². The Morgan fingerprint density at radius 1 is 1.25 bits per heavy atom. The molecule has 28 heavy (non-hydrogen) atoms. The minimum Gasteiger partial charge on any atom is -0.494 e. The van der Waals surface area contributed by atoms with Crippen molar-refractivity contribution in [2.24, 2.45) is 17.6 Å². The highest BCUT2D eigenvalue weighted by Gasteiger charge is 2.32. The monoisotopic (exact) mass is 411 g/mol. The number of nitrogens with two attached hydrogens (primary N) is 1. The van der Waals surface area contributed by atoms with Crippen LogP contribution in [0.2, 0.25) is 0 Å². The zero-order valence-corrected chi connectivity index (χ0v) is 18.1. The molecule has 0 spiro atoms. The number of amides is 2. The van der Waals surface area contributed by atoms with Gasteiger partial charge in [0.1, 0.15) is 11.8 Å². The standard InChI is InChI=1S/C21H33N3O3.ClH/c1-5-27-18-10-8-16(9-11-18)20(25)23-19(14(2)3)21(26)24-12-6-7-17(13-24)15(4)22;/h8-11,14-15,17,19H,5-7,12-13,22H2,1-4H3,(H,23,25);1H. The van der Waals surface area contributed by atoms with Crippen LogP contribution in [0, 0.1) is 11.8 Å². The van der Waals surface area contributed by atoms with Crippen molar-refractivity contribution in [1.82, 2.24) is 10.2 Å². The first-order valence-corrected chi connectivity index (χ1v) is 9.91. The summed E-state index contributed by atoms with van der Waals surface area (Å²) in [5.41, 5.74) is 6.56. The lowest BCUT2D eigenvalue weighted by molar-refractivity contribution is -0.136. The number of carbonyl (C=O) groups is 2. The molecule has 2 rings (SSSR count). The SMILES string of the molecule is CCOc1ccc(C(=O)NC(C(=O)N2CCCC(C(C)N)C2)C(C)C)cc1.Cl. The number of nitrogens with one attached hydrogen (secondary N) is 1. The molecule has 3 unspecified atom stereocenters. The summed E-state index contributed by atoms with van der Waals surface area (Å²) in [6, 6.07) is 6.49. The molecule has 1 aromatic rings. The first kappa shape index (κ1) is 24.2. The average molecular weight is 412 g/mol. The number of hydrogen-bond donors (Lipinski definition) is 2. The molecule has 3 N–H and O–H groups in total. The van der Waals surface area contributed by atoms with E-state index in [9.17, 15) is 9.59 Å². The summed E-state index contributed by atoms with van der Waals surface area (Å²) in [5, 5.41) is 2.92. The lowest BCUT2D eigenvalue weighted by Gasteiger charge is -2.37. The van der Waals surface area contributed by atoms with Crippen molar-refractivity contribution in [3.8, 4) is 5.75 Å². The zero-order valence-electron chi connectivity index (χ0n) is 17.3. The summed E-state index contributed by atoms with van der Waals surface area (Å²) in [6.07, 6.45) is 2.00. The Labute approximate surface area is 174 Å². The fraction of sp³-hybridized carbons (Fsp3) is 0.619. The van der Waals surface area contributed by atoms with Crippen molar-refractivity contribution in [1.29, 1.82) is 0 Å². The highest BCUT2D eigenvalue weighted by molar-refractivity contribution is 5.97. The number of likely N-dealkylation sites (tertiary alicyclic amines) is 1. The molecule has 0 radical (unpaired) electrons. The van der Waals surface area contributed by atoms with E-state index in [4.69, 9.17) is 10.5 Å². The Bertz CT molecular complexity index is 634. The highest BCUT2D eigenvalue weighted by atomic mass is 35.5. The molecule has 1 saturated heterocycles. The fourth-order valence-corrected chi connectivity index (χ4v) is 3.44. The molecule has 1 aromatic carbocycles.